The van der Waals surface area contributed by atoms with Crippen LogP contribution in [0.1, 0.15) is 30.7 Å². The van der Waals surface area contributed by atoms with Crippen molar-refractivity contribution in [2.45, 2.75) is 38.6 Å². The quantitative estimate of drug-likeness (QED) is 0.849. The van der Waals surface area contributed by atoms with Crippen LogP contribution in [0, 0.1) is 6.92 Å². The van der Waals surface area contributed by atoms with Gasteiger partial charge < -0.3 is 10.3 Å². The molecule has 3 heteroatoms. The lowest BCUT2D eigenvalue weighted by atomic mass is 10.1. The average Bonchev–Trinajstić information content (AvgIpc) is 2.95. The lowest BCUT2D eigenvalue weighted by Gasteiger charge is -2.07. The maximum absolute atomic E-state index is 4.69. The van der Waals surface area contributed by atoms with Crippen LogP contribution in [0.15, 0.2) is 18.2 Å². The van der Waals surface area contributed by atoms with Crippen molar-refractivity contribution in [2.24, 2.45) is 0 Å². The molecule has 17 heavy (non-hydrogen) atoms. The van der Waals surface area contributed by atoms with E-state index in [1.807, 2.05) is 0 Å². The van der Waals surface area contributed by atoms with E-state index in [2.05, 4.69) is 40.4 Å². The summed E-state index contributed by atoms with van der Waals surface area (Å²) in [7, 11) is 0. The molecular weight excluding hydrogens is 210 g/mol. The maximum atomic E-state index is 4.69. The highest BCUT2D eigenvalue weighted by Gasteiger charge is 2.14. The van der Waals surface area contributed by atoms with E-state index < -0.39 is 0 Å². The summed E-state index contributed by atoms with van der Waals surface area (Å²) in [5, 5.41) is 3.53. The number of nitrogens with zero attached hydrogens (tertiary/aromatic N) is 1. The topological polar surface area (TPSA) is 40.7 Å². The molecule has 3 rings (SSSR count). The van der Waals surface area contributed by atoms with E-state index in [0.717, 1.165) is 17.8 Å². The second kappa shape index (κ2) is 4.49. The minimum atomic E-state index is 0.698. The highest BCUT2D eigenvalue weighted by Crippen LogP contribution is 2.17. The van der Waals surface area contributed by atoms with Crippen LogP contribution < -0.4 is 5.32 Å². The predicted octanol–water partition coefficient (Wildman–Crippen LogP) is 2.56. The summed E-state index contributed by atoms with van der Waals surface area (Å²) in [6, 6.07) is 7.00. The molecule has 1 fully saturated rings. The van der Waals surface area contributed by atoms with E-state index in [1.165, 1.54) is 36.9 Å². The van der Waals surface area contributed by atoms with Crippen LogP contribution in [0.5, 0.6) is 0 Å². The second-order valence-electron chi connectivity index (χ2n) is 4.99. The fraction of sp³-hybridized carbons (Fsp3) is 0.500. The molecule has 3 nitrogen and oxygen atoms in total. The molecule has 0 aliphatic carbocycles. The van der Waals surface area contributed by atoms with Gasteiger partial charge in [0.2, 0.25) is 0 Å². The van der Waals surface area contributed by atoms with Gasteiger partial charge in [-0.15, -0.1) is 0 Å². The first kappa shape index (κ1) is 10.8. The molecule has 2 N–H and O–H groups in total. The Morgan fingerprint density at radius 2 is 2.35 bits per heavy atom. The van der Waals surface area contributed by atoms with Gasteiger partial charge in [-0.05, 0) is 44.4 Å². The van der Waals surface area contributed by atoms with E-state index >= 15 is 0 Å². The summed E-state index contributed by atoms with van der Waals surface area (Å²) in [6.07, 6.45) is 4.88. The summed E-state index contributed by atoms with van der Waals surface area (Å²) in [6.45, 7) is 3.30. The van der Waals surface area contributed by atoms with Gasteiger partial charge in [-0.3, -0.25) is 0 Å². The number of H-pyrrole nitrogens is 1. The van der Waals surface area contributed by atoms with Gasteiger partial charge in [-0.2, -0.15) is 0 Å². The van der Waals surface area contributed by atoms with E-state index in [4.69, 9.17) is 0 Å². The summed E-state index contributed by atoms with van der Waals surface area (Å²) >= 11 is 0. The molecule has 2 heterocycles. The number of nitrogens with one attached hydrogen (secondary N) is 2. The van der Waals surface area contributed by atoms with E-state index in [0.29, 0.717) is 6.04 Å². The third-order valence-corrected chi connectivity index (χ3v) is 3.66. The molecule has 1 atom stereocenters. The zero-order valence-corrected chi connectivity index (χ0v) is 10.3. The van der Waals surface area contributed by atoms with Gasteiger partial charge in [0, 0.05) is 12.5 Å². The smallest absolute Gasteiger partial charge is 0.107 e. The molecule has 1 unspecified atom stereocenters. The lowest BCUT2D eigenvalue weighted by Crippen LogP contribution is -2.21. The minimum absolute atomic E-state index is 0.698. The number of aromatic amines is 1. The molecule has 0 saturated carbocycles. The lowest BCUT2D eigenvalue weighted by molar-refractivity contribution is 0.552. The van der Waals surface area contributed by atoms with Gasteiger partial charge in [-0.25, -0.2) is 4.98 Å². The standard InChI is InChI=1S/C14H19N3/c1-10-4-2-6-12-14(10)17-13(16-12)8-7-11-5-3-9-15-11/h2,4,6,11,15H,3,5,7-9H2,1H3,(H,16,17). The van der Waals surface area contributed by atoms with Crippen molar-refractivity contribution in [2.75, 3.05) is 6.54 Å². The fourth-order valence-electron chi connectivity index (χ4n) is 2.66. The van der Waals surface area contributed by atoms with E-state index in [1.54, 1.807) is 0 Å². The first-order valence-electron chi connectivity index (χ1n) is 6.50. The number of para-hydroxylation sites is 1. The third kappa shape index (κ3) is 2.20. The number of rotatable bonds is 3. The number of hydrogen-bond donors (Lipinski definition) is 2. The Balaban J connectivity index is 1.74. The van der Waals surface area contributed by atoms with Gasteiger partial charge in [-0.1, -0.05) is 12.1 Å². The summed E-state index contributed by atoms with van der Waals surface area (Å²) < 4.78 is 0. The monoisotopic (exact) mass is 229 g/mol. The van der Waals surface area contributed by atoms with Crippen LogP contribution in [-0.4, -0.2) is 22.6 Å². The number of imidazole rings is 1. The molecule has 1 aromatic carbocycles. The predicted molar refractivity (Wildman–Crippen MR) is 70.2 cm³/mol. The molecule has 0 bridgehead atoms. The van der Waals surface area contributed by atoms with Crippen molar-refractivity contribution in [3.63, 3.8) is 0 Å². The highest BCUT2D eigenvalue weighted by molar-refractivity contribution is 5.78. The Kier molecular flexibility index (Phi) is 2.85. The maximum Gasteiger partial charge on any atom is 0.107 e. The molecule has 90 valence electrons. The molecule has 2 aromatic rings. The van der Waals surface area contributed by atoms with Gasteiger partial charge >= 0.3 is 0 Å². The van der Waals surface area contributed by atoms with Crippen LogP contribution in [0.4, 0.5) is 0 Å². The van der Waals surface area contributed by atoms with Crippen molar-refractivity contribution < 1.29 is 0 Å². The van der Waals surface area contributed by atoms with Crippen molar-refractivity contribution >= 4 is 11.0 Å². The van der Waals surface area contributed by atoms with Crippen LogP contribution in [-0.2, 0) is 6.42 Å². The zero-order valence-electron chi connectivity index (χ0n) is 10.3. The van der Waals surface area contributed by atoms with Crippen molar-refractivity contribution in [3.05, 3.63) is 29.6 Å². The SMILES string of the molecule is Cc1cccc2[nH]c(CCC3CCCN3)nc12. The van der Waals surface area contributed by atoms with Crippen LogP contribution in [0.3, 0.4) is 0 Å². The number of aryl methyl sites for hydroxylation is 2. The summed E-state index contributed by atoms with van der Waals surface area (Å²) in [4.78, 5) is 8.11. The summed E-state index contributed by atoms with van der Waals surface area (Å²) in [5.41, 5.74) is 3.55. The molecule has 0 spiro atoms. The van der Waals surface area contributed by atoms with Crippen molar-refractivity contribution in [3.8, 4) is 0 Å². The Labute approximate surface area is 102 Å². The Bertz CT molecular complexity index is 509. The van der Waals surface area contributed by atoms with Gasteiger partial charge in [0.25, 0.3) is 0 Å². The van der Waals surface area contributed by atoms with Gasteiger partial charge in [0.15, 0.2) is 0 Å². The second-order valence-corrected chi connectivity index (χ2v) is 4.99. The molecule has 1 saturated heterocycles. The first-order valence-corrected chi connectivity index (χ1v) is 6.50. The number of benzene rings is 1. The molecule has 0 radical (unpaired) electrons. The van der Waals surface area contributed by atoms with Crippen LogP contribution in [0.2, 0.25) is 0 Å². The van der Waals surface area contributed by atoms with E-state index in [-0.39, 0.29) is 0 Å². The molecule has 1 aliphatic rings. The normalized spacial score (nSPS) is 20.2. The Morgan fingerprint density at radius 3 is 3.12 bits per heavy atom. The molecule has 1 aromatic heterocycles. The van der Waals surface area contributed by atoms with Gasteiger partial charge in [0.05, 0.1) is 11.0 Å². The fourth-order valence-corrected chi connectivity index (χ4v) is 2.66. The highest BCUT2D eigenvalue weighted by atomic mass is 14.9. The number of aromatic nitrogens is 2. The third-order valence-electron chi connectivity index (χ3n) is 3.66. The molecule has 0 amide bonds. The first-order chi connectivity index (χ1) is 8.33. The van der Waals surface area contributed by atoms with E-state index in [9.17, 15) is 0 Å². The molecular formula is C14H19N3. The Hall–Kier alpha value is -1.35. The largest absolute Gasteiger partial charge is 0.342 e. The van der Waals surface area contributed by atoms with Gasteiger partial charge in [0.1, 0.15) is 5.82 Å². The van der Waals surface area contributed by atoms with Crippen molar-refractivity contribution in [1.82, 2.24) is 15.3 Å². The van der Waals surface area contributed by atoms with Crippen molar-refractivity contribution in [1.29, 1.82) is 0 Å². The average molecular weight is 229 g/mol. The summed E-state index contributed by atoms with van der Waals surface area (Å²) in [5.74, 6) is 1.13. The van der Waals surface area contributed by atoms with Crippen LogP contribution in [0.25, 0.3) is 11.0 Å². The zero-order chi connectivity index (χ0) is 11.7. The minimum Gasteiger partial charge on any atom is -0.342 e. The number of hydrogen-bond acceptors (Lipinski definition) is 2. The Morgan fingerprint density at radius 1 is 1.41 bits per heavy atom. The number of fused-ring (bicyclic) bond motifs is 1. The molecule has 1 aliphatic heterocycles. The van der Waals surface area contributed by atoms with Crippen LogP contribution >= 0.6 is 0 Å².